The Kier molecular flexibility index (Phi) is 5.09. The van der Waals surface area contributed by atoms with Crippen molar-refractivity contribution in [2.24, 2.45) is 0 Å². The lowest BCUT2D eigenvalue weighted by Crippen LogP contribution is -2.30. The molecular formula is C19H16N2OS2. The second kappa shape index (κ2) is 7.43. The molecular weight excluding hydrogens is 336 g/mol. The molecule has 120 valence electrons. The van der Waals surface area contributed by atoms with Crippen LogP contribution in [-0.4, -0.2) is 22.3 Å². The fourth-order valence-corrected chi connectivity index (χ4v) is 3.95. The van der Waals surface area contributed by atoms with E-state index in [0.717, 1.165) is 15.4 Å². The zero-order valence-corrected chi connectivity index (χ0v) is 14.9. The highest BCUT2D eigenvalue weighted by Crippen LogP contribution is 2.29. The van der Waals surface area contributed by atoms with Gasteiger partial charge in [-0.2, -0.15) is 0 Å². The number of terminal acetylenes is 1. The zero-order valence-electron chi connectivity index (χ0n) is 13.2. The van der Waals surface area contributed by atoms with E-state index >= 15 is 0 Å². The minimum absolute atomic E-state index is 0.0752. The van der Waals surface area contributed by atoms with E-state index in [2.05, 4.69) is 10.9 Å². The molecule has 0 radical (unpaired) electrons. The highest BCUT2D eigenvalue weighted by atomic mass is 32.1. The monoisotopic (exact) mass is 352 g/mol. The number of carbonyl (C=O) groups excluding carboxylic acids is 1. The third-order valence-electron chi connectivity index (χ3n) is 3.51. The van der Waals surface area contributed by atoms with Crippen LogP contribution in [0, 0.1) is 19.3 Å². The summed E-state index contributed by atoms with van der Waals surface area (Å²) in [6, 6.07) is 12.1. The molecule has 2 aromatic heterocycles. The van der Waals surface area contributed by atoms with Gasteiger partial charge in [-0.25, -0.2) is 4.98 Å². The molecule has 3 nitrogen and oxygen atoms in total. The van der Waals surface area contributed by atoms with E-state index in [1.54, 1.807) is 22.4 Å². The Morgan fingerprint density at radius 1 is 1.29 bits per heavy atom. The predicted octanol–water partition coefficient (Wildman–Crippen LogP) is 4.46. The quantitative estimate of drug-likeness (QED) is 0.635. The molecule has 0 fully saturated rings. The summed E-state index contributed by atoms with van der Waals surface area (Å²) in [7, 11) is 0. The molecule has 3 aromatic rings. The largest absolute Gasteiger partial charge is 0.322 e. The Morgan fingerprint density at radius 3 is 2.75 bits per heavy atom. The molecule has 0 N–H and O–H groups in total. The van der Waals surface area contributed by atoms with Crippen molar-refractivity contribution < 1.29 is 4.79 Å². The minimum atomic E-state index is -0.0752. The molecule has 0 unspecified atom stereocenters. The number of hydrogen-bond acceptors (Lipinski definition) is 4. The molecule has 24 heavy (non-hydrogen) atoms. The maximum absolute atomic E-state index is 12.8. The maximum Gasteiger partial charge on any atom is 0.266 e. The van der Waals surface area contributed by atoms with Gasteiger partial charge < -0.3 is 4.90 Å². The Bertz CT molecular complexity index is 858. The van der Waals surface area contributed by atoms with Crippen molar-refractivity contribution in [1.82, 2.24) is 9.88 Å². The average Bonchev–Trinajstić information content (AvgIpc) is 3.27. The molecule has 0 bridgehead atoms. The Hall–Kier alpha value is -2.42. The molecule has 0 spiro atoms. The number of thiazole rings is 1. The van der Waals surface area contributed by atoms with Crippen molar-refractivity contribution in [3.63, 3.8) is 0 Å². The molecule has 5 heteroatoms. The van der Waals surface area contributed by atoms with E-state index < -0.39 is 0 Å². The van der Waals surface area contributed by atoms with E-state index in [9.17, 15) is 4.79 Å². The third kappa shape index (κ3) is 3.73. The van der Waals surface area contributed by atoms with Gasteiger partial charge in [0.1, 0.15) is 9.88 Å². The van der Waals surface area contributed by atoms with Gasteiger partial charge in [-0.1, -0.05) is 41.8 Å². The number of carbonyl (C=O) groups is 1. The second-order valence-corrected chi connectivity index (χ2v) is 7.34. The second-order valence-electron chi connectivity index (χ2n) is 5.36. The van der Waals surface area contributed by atoms with Gasteiger partial charge in [0, 0.05) is 6.54 Å². The lowest BCUT2D eigenvalue weighted by Gasteiger charge is -2.19. The number of hydrogen-bond donors (Lipinski definition) is 0. The van der Waals surface area contributed by atoms with Crippen LogP contribution in [0.4, 0.5) is 0 Å². The molecule has 0 atom stereocenters. The van der Waals surface area contributed by atoms with Crippen molar-refractivity contribution in [2.45, 2.75) is 13.5 Å². The van der Waals surface area contributed by atoms with Crippen LogP contribution in [0.3, 0.4) is 0 Å². The molecule has 0 aliphatic rings. The van der Waals surface area contributed by atoms with Gasteiger partial charge in [0.05, 0.1) is 17.6 Å². The number of thiophene rings is 1. The van der Waals surface area contributed by atoms with E-state index in [-0.39, 0.29) is 12.5 Å². The SMILES string of the molecule is C#CCN(Cc1ccc(C)cc1)C(=O)c1cnc(-c2cccs2)s1. The Balaban J connectivity index is 1.79. The predicted molar refractivity (Wildman–Crippen MR) is 100 cm³/mol. The minimum Gasteiger partial charge on any atom is -0.322 e. The fourth-order valence-electron chi connectivity index (χ4n) is 2.27. The summed E-state index contributed by atoms with van der Waals surface area (Å²) in [5, 5.41) is 2.87. The van der Waals surface area contributed by atoms with Crippen molar-refractivity contribution in [3.8, 4) is 22.2 Å². The summed E-state index contributed by atoms with van der Waals surface area (Å²) < 4.78 is 0. The van der Waals surface area contributed by atoms with Crippen molar-refractivity contribution in [1.29, 1.82) is 0 Å². The summed E-state index contributed by atoms with van der Waals surface area (Å²) in [5.41, 5.74) is 2.25. The van der Waals surface area contributed by atoms with Gasteiger partial charge in [0.15, 0.2) is 0 Å². The maximum atomic E-state index is 12.8. The summed E-state index contributed by atoms with van der Waals surface area (Å²) in [5.74, 6) is 2.50. The van der Waals surface area contributed by atoms with Gasteiger partial charge in [-0.05, 0) is 23.9 Å². The summed E-state index contributed by atoms with van der Waals surface area (Å²) >= 11 is 3.02. The first-order valence-electron chi connectivity index (χ1n) is 7.45. The number of aromatic nitrogens is 1. The fraction of sp³-hybridized carbons (Fsp3) is 0.158. The van der Waals surface area contributed by atoms with Gasteiger partial charge in [-0.15, -0.1) is 29.1 Å². The molecule has 0 saturated carbocycles. The van der Waals surface area contributed by atoms with Crippen LogP contribution in [0.25, 0.3) is 9.88 Å². The smallest absolute Gasteiger partial charge is 0.266 e. The lowest BCUT2D eigenvalue weighted by atomic mass is 10.1. The van der Waals surface area contributed by atoms with Gasteiger partial charge in [-0.3, -0.25) is 4.79 Å². The Morgan fingerprint density at radius 2 is 2.08 bits per heavy atom. The third-order valence-corrected chi connectivity index (χ3v) is 5.54. The summed E-state index contributed by atoms with van der Waals surface area (Å²) in [4.78, 5) is 20.5. The van der Waals surface area contributed by atoms with Crippen LogP contribution in [0.5, 0.6) is 0 Å². The first-order chi connectivity index (χ1) is 11.7. The number of nitrogens with zero attached hydrogens (tertiary/aromatic N) is 2. The Labute approximate surface area is 149 Å². The van der Waals surface area contributed by atoms with Crippen LogP contribution in [0.1, 0.15) is 20.8 Å². The van der Waals surface area contributed by atoms with Crippen molar-refractivity contribution in [2.75, 3.05) is 6.54 Å². The first kappa shape index (κ1) is 16.4. The number of benzene rings is 1. The molecule has 1 aromatic carbocycles. The van der Waals surface area contributed by atoms with Crippen molar-refractivity contribution in [3.05, 3.63) is 64.0 Å². The topological polar surface area (TPSA) is 33.2 Å². The normalized spacial score (nSPS) is 10.3. The van der Waals surface area contributed by atoms with E-state index in [1.807, 2.05) is 48.7 Å². The van der Waals surface area contributed by atoms with E-state index in [0.29, 0.717) is 11.4 Å². The number of amides is 1. The zero-order chi connectivity index (χ0) is 16.9. The van der Waals surface area contributed by atoms with E-state index in [1.165, 1.54) is 16.9 Å². The van der Waals surface area contributed by atoms with Crippen LogP contribution in [0.15, 0.2) is 48.0 Å². The highest BCUT2D eigenvalue weighted by molar-refractivity contribution is 7.21. The molecule has 0 aliphatic carbocycles. The number of rotatable bonds is 5. The standard InChI is InChI=1S/C19H16N2OS2/c1-3-10-21(13-15-8-6-14(2)7-9-15)19(22)17-12-20-18(24-17)16-5-4-11-23-16/h1,4-9,11-12H,10,13H2,2H3. The van der Waals surface area contributed by atoms with Crippen LogP contribution in [0.2, 0.25) is 0 Å². The molecule has 2 heterocycles. The van der Waals surface area contributed by atoms with Gasteiger partial charge in [0.25, 0.3) is 5.91 Å². The summed E-state index contributed by atoms with van der Waals surface area (Å²) in [6.45, 7) is 2.81. The van der Waals surface area contributed by atoms with Crippen molar-refractivity contribution >= 4 is 28.6 Å². The number of aryl methyl sites for hydroxylation is 1. The summed E-state index contributed by atoms with van der Waals surface area (Å²) in [6.07, 6.45) is 7.09. The molecule has 3 rings (SSSR count). The molecule has 1 amide bonds. The van der Waals surface area contributed by atoms with Gasteiger partial charge >= 0.3 is 0 Å². The lowest BCUT2D eigenvalue weighted by molar-refractivity contribution is 0.0770. The highest BCUT2D eigenvalue weighted by Gasteiger charge is 2.19. The van der Waals surface area contributed by atoms with Crippen LogP contribution >= 0.6 is 22.7 Å². The van der Waals surface area contributed by atoms with Gasteiger partial charge in [0.2, 0.25) is 0 Å². The van der Waals surface area contributed by atoms with Crippen LogP contribution < -0.4 is 0 Å². The average molecular weight is 352 g/mol. The van der Waals surface area contributed by atoms with E-state index in [4.69, 9.17) is 6.42 Å². The van der Waals surface area contributed by atoms with Crippen LogP contribution in [-0.2, 0) is 6.54 Å². The first-order valence-corrected chi connectivity index (χ1v) is 9.15. The molecule has 0 saturated heterocycles. The molecule has 0 aliphatic heterocycles.